The van der Waals surface area contributed by atoms with E-state index in [4.69, 9.17) is 10.5 Å². The SMILES string of the molecule is NC(=O)c1cc2cc(OC3CCN(c4ccc(C(F)(F)F)cc4)CC3)ccc2s1. The van der Waals surface area contributed by atoms with Gasteiger partial charge >= 0.3 is 6.18 Å². The maximum absolute atomic E-state index is 12.7. The van der Waals surface area contributed by atoms with Crippen LogP contribution in [0, 0.1) is 0 Å². The topological polar surface area (TPSA) is 55.6 Å². The molecule has 0 aliphatic carbocycles. The number of halogens is 3. The molecule has 0 spiro atoms. The Kier molecular flexibility index (Phi) is 5.12. The first-order valence-electron chi connectivity index (χ1n) is 9.22. The molecule has 0 bridgehead atoms. The zero-order valence-electron chi connectivity index (χ0n) is 15.4. The van der Waals surface area contributed by atoms with Gasteiger partial charge in [0.2, 0.25) is 0 Å². The molecule has 0 unspecified atom stereocenters. The minimum absolute atomic E-state index is 0.0346. The van der Waals surface area contributed by atoms with Crippen molar-refractivity contribution in [2.75, 3.05) is 18.0 Å². The van der Waals surface area contributed by atoms with Gasteiger partial charge in [0.25, 0.3) is 5.91 Å². The molecule has 1 amide bonds. The summed E-state index contributed by atoms with van der Waals surface area (Å²) >= 11 is 1.35. The van der Waals surface area contributed by atoms with Crippen molar-refractivity contribution in [3.05, 3.63) is 59.0 Å². The van der Waals surface area contributed by atoms with E-state index >= 15 is 0 Å². The molecule has 1 aliphatic heterocycles. The summed E-state index contributed by atoms with van der Waals surface area (Å²) < 4.78 is 45.2. The van der Waals surface area contributed by atoms with Gasteiger partial charge in [-0.2, -0.15) is 13.2 Å². The van der Waals surface area contributed by atoms with Crippen molar-refractivity contribution in [2.45, 2.75) is 25.1 Å². The molecule has 152 valence electrons. The van der Waals surface area contributed by atoms with Crippen LogP contribution in [0.25, 0.3) is 10.1 Å². The third-order valence-electron chi connectivity index (χ3n) is 5.04. The lowest BCUT2D eigenvalue weighted by molar-refractivity contribution is -0.137. The zero-order chi connectivity index (χ0) is 20.6. The minimum Gasteiger partial charge on any atom is -0.490 e. The maximum Gasteiger partial charge on any atom is 0.416 e. The van der Waals surface area contributed by atoms with Gasteiger partial charge in [-0.3, -0.25) is 4.79 Å². The minimum atomic E-state index is -4.32. The molecule has 0 saturated carbocycles. The molecule has 0 radical (unpaired) electrons. The molecule has 4 rings (SSSR count). The summed E-state index contributed by atoms with van der Waals surface area (Å²) in [5.41, 5.74) is 5.49. The fourth-order valence-corrected chi connectivity index (χ4v) is 4.40. The Hall–Kier alpha value is -2.74. The number of alkyl halides is 3. The number of benzene rings is 2. The molecular formula is C21H19F3N2O2S. The average molecular weight is 420 g/mol. The van der Waals surface area contributed by atoms with E-state index in [-0.39, 0.29) is 6.10 Å². The lowest BCUT2D eigenvalue weighted by atomic mass is 10.1. The van der Waals surface area contributed by atoms with Crippen LogP contribution in [0.15, 0.2) is 48.5 Å². The molecule has 2 heterocycles. The Morgan fingerprint density at radius 1 is 1.07 bits per heavy atom. The van der Waals surface area contributed by atoms with Crippen LogP contribution in [0.2, 0.25) is 0 Å². The van der Waals surface area contributed by atoms with E-state index in [0.717, 1.165) is 46.5 Å². The van der Waals surface area contributed by atoms with E-state index < -0.39 is 17.6 Å². The van der Waals surface area contributed by atoms with Crippen molar-refractivity contribution in [3.63, 3.8) is 0 Å². The molecule has 29 heavy (non-hydrogen) atoms. The third-order valence-corrected chi connectivity index (χ3v) is 6.17. The number of nitrogens with two attached hydrogens (primary N) is 1. The van der Waals surface area contributed by atoms with Crippen LogP contribution in [-0.4, -0.2) is 25.1 Å². The van der Waals surface area contributed by atoms with Crippen LogP contribution in [0.1, 0.15) is 28.1 Å². The van der Waals surface area contributed by atoms with Gasteiger partial charge in [-0.05, 0) is 53.9 Å². The Bertz CT molecular complexity index is 1020. The van der Waals surface area contributed by atoms with Gasteiger partial charge in [0.15, 0.2) is 0 Å². The quantitative estimate of drug-likeness (QED) is 0.641. The van der Waals surface area contributed by atoms with Gasteiger partial charge in [0.1, 0.15) is 11.9 Å². The number of ether oxygens (including phenoxy) is 1. The van der Waals surface area contributed by atoms with Gasteiger partial charge in [0, 0.05) is 36.3 Å². The van der Waals surface area contributed by atoms with Gasteiger partial charge in [0.05, 0.1) is 10.4 Å². The Labute approximate surface area is 169 Å². The maximum atomic E-state index is 12.7. The van der Waals surface area contributed by atoms with Crippen LogP contribution < -0.4 is 15.4 Å². The summed E-state index contributed by atoms with van der Waals surface area (Å²) in [6.45, 7) is 1.42. The third kappa shape index (κ3) is 4.32. The normalized spacial score (nSPS) is 15.6. The first-order chi connectivity index (χ1) is 13.8. The molecule has 0 atom stereocenters. The molecule has 1 saturated heterocycles. The van der Waals surface area contributed by atoms with Crippen molar-refractivity contribution in [2.24, 2.45) is 5.73 Å². The summed E-state index contributed by atoms with van der Waals surface area (Å²) in [5.74, 6) is 0.295. The number of fused-ring (bicyclic) bond motifs is 1. The van der Waals surface area contributed by atoms with Crippen LogP contribution >= 0.6 is 11.3 Å². The molecule has 3 aromatic rings. The number of carbonyl (C=O) groups excluding carboxylic acids is 1. The Balaban J connectivity index is 1.37. The van der Waals surface area contributed by atoms with Crippen LogP contribution in [0.4, 0.5) is 18.9 Å². The Morgan fingerprint density at radius 3 is 2.38 bits per heavy atom. The van der Waals surface area contributed by atoms with E-state index in [9.17, 15) is 18.0 Å². The highest BCUT2D eigenvalue weighted by Crippen LogP contribution is 2.32. The van der Waals surface area contributed by atoms with Gasteiger partial charge in [-0.15, -0.1) is 11.3 Å². The monoisotopic (exact) mass is 420 g/mol. The van der Waals surface area contributed by atoms with Crippen LogP contribution in [-0.2, 0) is 6.18 Å². The number of rotatable bonds is 4. The molecule has 2 N–H and O–H groups in total. The van der Waals surface area contributed by atoms with Gasteiger partial charge < -0.3 is 15.4 Å². The summed E-state index contributed by atoms with van der Waals surface area (Å²) in [6.07, 6.45) is -2.74. The zero-order valence-corrected chi connectivity index (χ0v) is 16.2. The molecule has 2 aromatic carbocycles. The van der Waals surface area contributed by atoms with Crippen LogP contribution in [0.3, 0.4) is 0 Å². The van der Waals surface area contributed by atoms with Crippen molar-refractivity contribution >= 4 is 33.0 Å². The highest BCUT2D eigenvalue weighted by atomic mass is 32.1. The smallest absolute Gasteiger partial charge is 0.416 e. The lowest BCUT2D eigenvalue weighted by Crippen LogP contribution is -2.38. The molecule has 1 aliphatic rings. The lowest BCUT2D eigenvalue weighted by Gasteiger charge is -2.33. The van der Waals surface area contributed by atoms with E-state index in [0.29, 0.717) is 18.0 Å². The van der Waals surface area contributed by atoms with Crippen molar-refractivity contribution in [3.8, 4) is 5.75 Å². The molecule has 1 aromatic heterocycles. The second kappa shape index (κ2) is 7.59. The summed E-state index contributed by atoms with van der Waals surface area (Å²) in [6, 6.07) is 12.7. The van der Waals surface area contributed by atoms with Gasteiger partial charge in [-0.25, -0.2) is 0 Å². The van der Waals surface area contributed by atoms with E-state index in [2.05, 4.69) is 4.90 Å². The summed E-state index contributed by atoms with van der Waals surface area (Å²) in [7, 11) is 0. The first-order valence-corrected chi connectivity index (χ1v) is 10.0. The summed E-state index contributed by atoms with van der Waals surface area (Å²) in [5, 5.41) is 0.920. The highest BCUT2D eigenvalue weighted by molar-refractivity contribution is 7.20. The van der Waals surface area contributed by atoms with Crippen LogP contribution in [0.5, 0.6) is 5.75 Å². The van der Waals surface area contributed by atoms with Crippen molar-refractivity contribution < 1.29 is 22.7 Å². The highest BCUT2D eigenvalue weighted by Gasteiger charge is 2.30. The average Bonchev–Trinajstić information content (AvgIpc) is 3.12. The Morgan fingerprint density at radius 2 is 1.76 bits per heavy atom. The molecular weight excluding hydrogens is 401 g/mol. The second-order valence-corrected chi connectivity index (χ2v) is 8.11. The molecule has 1 fully saturated rings. The second-order valence-electron chi connectivity index (χ2n) is 7.02. The van der Waals surface area contributed by atoms with Crippen molar-refractivity contribution in [1.82, 2.24) is 0 Å². The fraction of sp³-hybridized carbons (Fsp3) is 0.286. The predicted octanol–water partition coefficient (Wildman–Crippen LogP) is 5.07. The number of piperidine rings is 1. The molecule has 8 heteroatoms. The fourth-order valence-electron chi connectivity index (χ4n) is 3.50. The predicted molar refractivity (Wildman–Crippen MR) is 108 cm³/mol. The number of anilines is 1. The van der Waals surface area contributed by atoms with Gasteiger partial charge in [-0.1, -0.05) is 0 Å². The number of hydrogen-bond acceptors (Lipinski definition) is 4. The first kappa shape index (κ1) is 19.6. The number of amides is 1. The molecule has 4 nitrogen and oxygen atoms in total. The number of hydrogen-bond donors (Lipinski definition) is 1. The van der Waals surface area contributed by atoms with E-state index in [1.807, 2.05) is 18.2 Å². The number of thiophene rings is 1. The largest absolute Gasteiger partial charge is 0.490 e. The van der Waals surface area contributed by atoms with Crippen molar-refractivity contribution in [1.29, 1.82) is 0 Å². The standard InChI is InChI=1S/C21H19F3N2O2S/c22-21(23,24)14-1-3-15(4-2-14)26-9-7-16(8-10-26)28-17-5-6-18-13(11-17)12-19(29-18)20(25)27/h1-6,11-12,16H,7-10H2,(H2,25,27). The van der Waals surface area contributed by atoms with E-state index in [1.165, 1.54) is 23.5 Å². The number of nitrogens with zero attached hydrogens (tertiary/aromatic N) is 1. The number of primary amides is 1. The van der Waals surface area contributed by atoms with E-state index in [1.54, 1.807) is 6.07 Å². The number of carbonyl (C=O) groups is 1. The summed E-state index contributed by atoms with van der Waals surface area (Å²) in [4.78, 5) is 13.9.